The van der Waals surface area contributed by atoms with E-state index in [4.69, 9.17) is 16.3 Å². The molecular weight excluding hydrogens is 390 g/mol. The second-order valence-corrected chi connectivity index (χ2v) is 7.21. The largest absolute Gasteiger partial charge is 0.445 e. The van der Waals surface area contributed by atoms with Gasteiger partial charge >= 0.3 is 6.09 Å². The van der Waals surface area contributed by atoms with Crippen LogP contribution in [0.1, 0.15) is 17.7 Å². The molecule has 1 aromatic carbocycles. The Morgan fingerprint density at radius 2 is 2.07 bits per heavy atom. The lowest BCUT2D eigenvalue weighted by atomic mass is 9.93. The smallest absolute Gasteiger partial charge is 0.410 e. The molecule has 1 aliphatic heterocycles. The molecule has 6 nitrogen and oxygen atoms in total. The van der Waals surface area contributed by atoms with Gasteiger partial charge in [0.25, 0.3) is 5.92 Å². The third-order valence-corrected chi connectivity index (χ3v) is 4.84. The van der Waals surface area contributed by atoms with E-state index in [2.05, 4.69) is 15.3 Å². The first kappa shape index (κ1) is 20.3. The minimum atomic E-state index is -3.03. The Bertz CT molecular complexity index is 803. The topological polar surface area (TPSA) is 67.4 Å². The molecule has 2 heterocycles. The normalized spacial score (nSPS) is 18.6. The molecule has 1 saturated heterocycles. The number of nitrogens with one attached hydrogen (secondary N) is 1. The lowest BCUT2D eigenvalue weighted by molar-refractivity contribution is -0.101. The lowest BCUT2D eigenvalue weighted by Crippen LogP contribution is -2.52. The van der Waals surface area contributed by atoms with Crippen molar-refractivity contribution in [1.82, 2.24) is 14.9 Å². The van der Waals surface area contributed by atoms with Gasteiger partial charge < -0.3 is 15.0 Å². The van der Waals surface area contributed by atoms with E-state index in [1.165, 1.54) is 6.20 Å². The highest BCUT2D eigenvalue weighted by Crippen LogP contribution is 2.33. The van der Waals surface area contributed by atoms with Crippen LogP contribution in [0.5, 0.6) is 0 Å². The Kier molecular flexibility index (Phi) is 6.28. The van der Waals surface area contributed by atoms with Crippen LogP contribution in [0.4, 0.5) is 19.4 Å². The second kappa shape index (κ2) is 8.68. The van der Waals surface area contributed by atoms with Gasteiger partial charge in [-0.1, -0.05) is 23.7 Å². The molecule has 1 fully saturated rings. The minimum Gasteiger partial charge on any atom is -0.445 e. The molecule has 1 aromatic heterocycles. The molecule has 1 atom stereocenters. The molecule has 0 bridgehead atoms. The third-order valence-electron chi connectivity index (χ3n) is 4.59. The number of aryl methyl sites for hydroxylation is 1. The fourth-order valence-electron chi connectivity index (χ4n) is 2.92. The summed E-state index contributed by atoms with van der Waals surface area (Å²) < 4.78 is 34.2. The van der Waals surface area contributed by atoms with Crippen LogP contribution in [0, 0.1) is 12.8 Å². The number of likely N-dealkylation sites (tertiary alicyclic amines) is 1. The summed E-state index contributed by atoms with van der Waals surface area (Å²) in [5.41, 5.74) is 1.49. The number of carbonyl (C=O) groups excluding carboxylic acids is 1. The van der Waals surface area contributed by atoms with Gasteiger partial charge in [-0.3, -0.25) is 4.98 Å². The van der Waals surface area contributed by atoms with E-state index >= 15 is 0 Å². The van der Waals surface area contributed by atoms with Gasteiger partial charge in [-0.2, -0.15) is 0 Å². The lowest BCUT2D eigenvalue weighted by Gasteiger charge is -2.37. The summed E-state index contributed by atoms with van der Waals surface area (Å²) in [7, 11) is 0. The highest BCUT2D eigenvalue weighted by Gasteiger charge is 2.46. The standard InChI is InChI=1S/C19H21ClF2N4O2/c1-13-8-24-17(10-23-13)25-9-15-6-7-26(12-19(15,21)22)18(27)28-11-14-2-4-16(20)5-3-14/h2-5,8,10,15H,6-7,9,11-12H2,1H3,(H,24,25)/t15-/m1/s1. The summed E-state index contributed by atoms with van der Waals surface area (Å²) in [6.07, 6.45) is 2.50. The van der Waals surface area contributed by atoms with Gasteiger partial charge in [-0.15, -0.1) is 0 Å². The Morgan fingerprint density at radius 3 is 2.71 bits per heavy atom. The number of anilines is 1. The van der Waals surface area contributed by atoms with E-state index in [9.17, 15) is 13.6 Å². The molecule has 1 amide bonds. The number of nitrogens with zero attached hydrogens (tertiary/aromatic N) is 3. The van der Waals surface area contributed by atoms with Crippen LogP contribution in [-0.2, 0) is 11.3 Å². The fourth-order valence-corrected chi connectivity index (χ4v) is 3.05. The molecule has 0 saturated carbocycles. The van der Waals surface area contributed by atoms with E-state index in [0.29, 0.717) is 10.8 Å². The number of hydrogen-bond acceptors (Lipinski definition) is 5. The van der Waals surface area contributed by atoms with Crippen LogP contribution in [-0.4, -0.2) is 46.5 Å². The van der Waals surface area contributed by atoms with Crippen LogP contribution < -0.4 is 5.32 Å². The number of carbonyl (C=O) groups is 1. The molecule has 1 N–H and O–H groups in total. The van der Waals surface area contributed by atoms with Crippen LogP contribution in [0.2, 0.25) is 5.02 Å². The van der Waals surface area contributed by atoms with Crippen molar-refractivity contribution in [3.05, 3.63) is 52.9 Å². The number of ether oxygens (including phenoxy) is 1. The van der Waals surface area contributed by atoms with E-state index < -0.39 is 24.5 Å². The number of benzene rings is 1. The fraction of sp³-hybridized carbons (Fsp3) is 0.421. The quantitative estimate of drug-likeness (QED) is 0.802. The molecule has 1 aliphatic rings. The van der Waals surface area contributed by atoms with Crippen molar-refractivity contribution in [2.24, 2.45) is 5.92 Å². The SMILES string of the molecule is Cc1cnc(NC[C@H]2CCN(C(=O)OCc3ccc(Cl)cc3)CC2(F)F)cn1. The van der Waals surface area contributed by atoms with Crippen molar-refractivity contribution < 1.29 is 18.3 Å². The monoisotopic (exact) mass is 410 g/mol. The molecule has 150 valence electrons. The summed E-state index contributed by atoms with van der Waals surface area (Å²) >= 11 is 5.80. The van der Waals surface area contributed by atoms with Crippen molar-refractivity contribution in [1.29, 1.82) is 0 Å². The number of hydrogen-bond donors (Lipinski definition) is 1. The maximum Gasteiger partial charge on any atom is 0.410 e. The predicted octanol–water partition coefficient (Wildman–Crippen LogP) is 4.14. The first-order valence-electron chi connectivity index (χ1n) is 8.90. The van der Waals surface area contributed by atoms with Crippen molar-refractivity contribution in [2.45, 2.75) is 25.9 Å². The average Bonchev–Trinajstić information content (AvgIpc) is 2.67. The molecule has 0 spiro atoms. The number of halogens is 3. The van der Waals surface area contributed by atoms with Gasteiger partial charge in [0, 0.05) is 24.0 Å². The molecule has 28 heavy (non-hydrogen) atoms. The van der Waals surface area contributed by atoms with Crippen molar-refractivity contribution in [3.63, 3.8) is 0 Å². The first-order valence-corrected chi connectivity index (χ1v) is 9.28. The number of rotatable bonds is 5. The van der Waals surface area contributed by atoms with Crippen LogP contribution in [0.15, 0.2) is 36.7 Å². The molecule has 0 unspecified atom stereocenters. The van der Waals surface area contributed by atoms with Crippen molar-refractivity contribution >= 4 is 23.5 Å². The molecule has 0 radical (unpaired) electrons. The second-order valence-electron chi connectivity index (χ2n) is 6.77. The van der Waals surface area contributed by atoms with Crippen LogP contribution in [0.3, 0.4) is 0 Å². The summed E-state index contributed by atoms with van der Waals surface area (Å²) in [5.74, 6) is -3.48. The molecule has 0 aliphatic carbocycles. The number of piperidine rings is 1. The van der Waals surface area contributed by atoms with Crippen LogP contribution >= 0.6 is 11.6 Å². The predicted molar refractivity (Wildman–Crippen MR) is 102 cm³/mol. The Morgan fingerprint density at radius 1 is 1.32 bits per heavy atom. The minimum absolute atomic E-state index is 0.00908. The van der Waals surface area contributed by atoms with Gasteiger partial charge in [-0.25, -0.2) is 18.6 Å². The summed E-state index contributed by atoms with van der Waals surface area (Å²) in [5, 5.41) is 3.46. The zero-order valence-corrected chi connectivity index (χ0v) is 16.1. The highest BCUT2D eigenvalue weighted by atomic mass is 35.5. The maximum absolute atomic E-state index is 14.5. The first-order chi connectivity index (χ1) is 13.3. The summed E-state index contributed by atoms with van der Waals surface area (Å²) in [6.45, 7) is 1.40. The summed E-state index contributed by atoms with van der Waals surface area (Å²) in [4.78, 5) is 21.4. The van der Waals surface area contributed by atoms with Gasteiger partial charge in [0.1, 0.15) is 12.4 Å². The molecule has 3 rings (SSSR count). The summed E-state index contributed by atoms with van der Waals surface area (Å²) in [6, 6.07) is 6.79. The zero-order valence-electron chi connectivity index (χ0n) is 15.4. The molecule has 9 heteroatoms. The van der Waals surface area contributed by atoms with E-state index in [1.807, 2.05) is 0 Å². The van der Waals surface area contributed by atoms with E-state index in [1.54, 1.807) is 37.4 Å². The highest BCUT2D eigenvalue weighted by molar-refractivity contribution is 6.30. The van der Waals surface area contributed by atoms with Gasteiger partial charge in [-0.05, 0) is 31.0 Å². The Balaban J connectivity index is 1.49. The maximum atomic E-state index is 14.5. The Hall–Kier alpha value is -2.48. The number of aromatic nitrogens is 2. The van der Waals surface area contributed by atoms with Crippen molar-refractivity contribution in [2.75, 3.05) is 25.0 Å². The number of alkyl halides is 2. The Labute approximate surface area is 166 Å². The van der Waals surface area contributed by atoms with E-state index in [-0.39, 0.29) is 26.1 Å². The number of amides is 1. The van der Waals surface area contributed by atoms with Gasteiger partial charge in [0.15, 0.2) is 0 Å². The zero-order chi connectivity index (χ0) is 20.1. The van der Waals surface area contributed by atoms with Gasteiger partial charge in [0.05, 0.1) is 24.6 Å². The molecular formula is C19H21ClF2N4O2. The average molecular weight is 411 g/mol. The van der Waals surface area contributed by atoms with Crippen molar-refractivity contribution in [3.8, 4) is 0 Å². The molecule has 2 aromatic rings. The third kappa shape index (κ3) is 5.28. The van der Waals surface area contributed by atoms with Gasteiger partial charge in [0.2, 0.25) is 0 Å². The van der Waals surface area contributed by atoms with Crippen LogP contribution in [0.25, 0.3) is 0 Å². The van der Waals surface area contributed by atoms with E-state index in [0.717, 1.165) is 16.2 Å².